The van der Waals surface area contributed by atoms with E-state index in [-0.39, 0.29) is 18.6 Å². The first-order valence-electron chi connectivity index (χ1n) is 15.3. The van der Waals surface area contributed by atoms with Gasteiger partial charge in [0.25, 0.3) is 0 Å². The van der Waals surface area contributed by atoms with Gasteiger partial charge in [-0.25, -0.2) is 4.79 Å². The largest absolute Gasteiger partial charge is 0.508 e. The van der Waals surface area contributed by atoms with Gasteiger partial charge in [0.1, 0.15) is 29.9 Å². The van der Waals surface area contributed by atoms with Crippen molar-refractivity contribution in [3.63, 3.8) is 0 Å². The maximum Gasteiger partial charge on any atom is 0.326 e. The van der Waals surface area contributed by atoms with Crippen LogP contribution in [0.5, 0.6) is 5.75 Å². The summed E-state index contributed by atoms with van der Waals surface area (Å²) in [5.74, 6) is -7.69. The second-order valence-corrected chi connectivity index (χ2v) is 11.3. The van der Waals surface area contributed by atoms with Crippen molar-refractivity contribution in [2.24, 2.45) is 23.1 Å². The zero-order chi connectivity index (χ0) is 35.7. The van der Waals surface area contributed by atoms with E-state index in [2.05, 4.69) is 21.3 Å². The number of phenols is 1. The molecule has 17 heteroatoms. The van der Waals surface area contributed by atoms with Crippen LogP contribution < -0.4 is 38.5 Å². The third-order valence-electron chi connectivity index (χ3n) is 7.40. The summed E-state index contributed by atoms with van der Waals surface area (Å²) >= 11 is 0. The molecule has 262 valence electrons. The lowest BCUT2D eigenvalue weighted by molar-refractivity contribution is -0.143. The van der Waals surface area contributed by atoms with Crippen LogP contribution >= 0.6 is 0 Å². The second kappa shape index (κ2) is 20.4. The van der Waals surface area contributed by atoms with Gasteiger partial charge in [0.05, 0.1) is 12.5 Å². The molecule has 1 aromatic carbocycles. The van der Waals surface area contributed by atoms with Crippen LogP contribution in [0.15, 0.2) is 24.3 Å². The molecule has 0 saturated heterocycles. The van der Waals surface area contributed by atoms with Crippen LogP contribution in [0.1, 0.15) is 64.4 Å². The minimum absolute atomic E-state index is 0.00520. The summed E-state index contributed by atoms with van der Waals surface area (Å²) in [7, 11) is 0. The van der Waals surface area contributed by atoms with Crippen LogP contribution in [-0.4, -0.2) is 93.5 Å². The van der Waals surface area contributed by atoms with Crippen molar-refractivity contribution in [3.05, 3.63) is 29.8 Å². The molecule has 5 amide bonds. The Morgan fingerprint density at radius 3 is 1.89 bits per heavy atom. The van der Waals surface area contributed by atoms with E-state index in [1.807, 2.05) is 0 Å². The maximum atomic E-state index is 13.4. The van der Waals surface area contributed by atoms with Crippen molar-refractivity contribution >= 4 is 41.5 Å². The number of phenolic OH excluding ortho intramolecular Hbond substituents is 1. The van der Waals surface area contributed by atoms with Crippen LogP contribution in [-0.2, 0) is 40.0 Å². The highest BCUT2D eigenvalue weighted by molar-refractivity contribution is 5.97. The lowest BCUT2D eigenvalue weighted by Gasteiger charge is -2.28. The molecule has 0 saturated carbocycles. The number of aliphatic carboxylic acids is 2. The lowest BCUT2D eigenvalue weighted by Crippen LogP contribution is -2.60. The van der Waals surface area contributed by atoms with Crippen LogP contribution in [0.2, 0.25) is 0 Å². The Kier molecular flexibility index (Phi) is 17.4. The number of primary amides is 1. The first-order valence-corrected chi connectivity index (χ1v) is 15.3. The molecule has 1 aromatic rings. The number of benzene rings is 1. The van der Waals surface area contributed by atoms with Gasteiger partial charge in [-0.05, 0) is 62.3 Å². The third-order valence-corrected chi connectivity index (χ3v) is 7.40. The van der Waals surface area contributed by atoms with Crippen LogP contribution in [0.25, 0.3) is 0 Å². The predicted octanol–water partition coefficient (Wildman–Crippen LogP) is -1.80. The van der Waals surface area contributed by atoms with Gasteiger partial charge in [-0.3, -0.25) is 28.8 Å². The summed E-state index contributed by atoms with van der Waals surface area (Å²) in [6, 6.07) is -0.951. The molecule has 6 atom stereocenters. The molecule has 17 nitrogen and oxygen atoms in total. The quantitative estimate of drug-likeness (QED) is 0.0614. The van der Waals surface area contributed by atoms with Crippen molar-refractivity contribution in [2.45, 2.75) is 95.4 Å². The van der Waals surface area contributed by atoms with E-state index < -0.39 is 96.9 Å². The molecule has 0 fully saturated rings. The number of amides is 5. The van der Waals surface area contributed by atoms with Crippen molar-refractivity contribution in [1.82, 2.24) is 21.3 Å². The van der Waals surface area contributed by atoms with E-state index in [1.165, 1.54) is 12.1 Å². The van der Waals surface area contributed by atoms with Gasteiger partial charge in [0, 0.05) is 6.42 Å². The monoisotopic (exact) mass is 665 g/mol. The SMILES string of the molecule is CCC(C)C(NC(=O)C(CC(N)=O)NC(=O)C(CCC(=O)O)NC(=O)C(N)Cc1ccc(O)cc1)C(=O)NC(CCCCN)C(=O)O. The molecule has 0 heterocycles. The van der Waals surface area contributed by atoms with Crippen LogP contribution in [0.4, 0.5) is 0 Å². The summed E-state index contributed by atoms with van der Waals surface area (Å²) in [6.45, 7) is 3.71. The maximum absolute atomic E-state index is 13.4. The van der Waals surface area contributed by atoms with Gasteiger partial charge >= 0.3 is 11.9 Å². The van der Waals surface area contributed by atoms with Crippen LogP contribution in [0.3, 0.4) is 0 Å². The lowest BCUT2D eigenvalue weighted by atomic mass is 9.96. The Hall–Kier alpha value is -4.77. The topological polar surface area (TPSA) is 306 Å². The number of rotatable bonds is 22. The highest BCUT2D eigenvalue weighted by Crippen LogP contribution is 2.13. The molecule has 0 radical (unpaired) electrons. The molecular formula is C30H47N7O10. The number of unbranched alkanes of at least 4 members (excludes halogenated alkanes) is 1. The van der Waals surface area contributed by atoms with Gasteiger partial charge < -0.3 is 53.8 Å². The average Bonchev–Trinajstić information content (AvgIpc) is 3.00. The molecule has 0 aromatic heterocycles. The Balaban J connectivity index is 3.14. The summed E-state index contributed by atoms with van der Waals surface area (Å²) in [6.07, 6.45) is -0.206. The van der Waals surface area contributed by atoms with E-state index in [9.17, 15) is 48.9 Å². The van der Waals surface area contributed by atoms with Crippen molar-refractivity contribution in [1.29, 1.82) is 0 Å². The molecule has 0 spiro atoms. The zero-order valence-corrected chi connectivity index (χ0v) is 26.6. The van der Waals surface area contributed by atoms with E-state index in [0.717, 1.165) is 0 Å². The molecule has 6 unspecified atom stereocenters. The standard InChI is InChI=1S/C30H47N7O10/c1-3-16(2)25(29(45)35-21(30(46)47)6-4-5-13-31)37-28(44)22(15-23(33)39)36-27(43)20(11-12-24(40)41)34-26(42)19(32)14-17-7-9-18(38)10-8-17/h7-10,16,19-22,25,38H,3-6,11-15,31-32H2,1-2H3,(H2,33,39)(H,34,42)(H,35,45)(H,36,43)(H,37,44)(H,40,41)(H,46,47). The molecule has 0 aliphatic carbocycles. The van der Waals surface area contributed by atoms with E-state index >= 15 is 0 Å². The average molecular weight is 666 g/mol. The fraction of sp³-hybridized carbons (Fsp3) is 0.567. The van der Waals surface area contributed by atoms with Gasteiger partial charge in [-0.15, -0.1) is 0 Å². The Morgan fingerprint density at radius 2 is 1.36 bits per heavy atom. The molecule has 0 aliphatic heterocycles. The number of nitrogens with two attached hydrogens (primary N) is 3. The Morgan fingerprint density at radius 1 is 0.787 bits per heavy atom. The Labute approximate surface area is 272 Å². The third kappa shape index (κ3) is 14.9. The summed E-state index contributed by atoms with van der Waals surface area (Å²) < 4.78 is 0. The number of carboxylic acids is 2. The summed E-state index contributed by atoms with van der Waals surface area (Å²) in [5, 5.41) is 37.7. The van der Waals surface area contributed by atoms with Crippen molar-refractivity contribution in [3.8, 4) is 5.75 Å². The highest BCUT2D eigenvalue weighted by Gasteiger charge is 2.34. The minimum atomic E-state index is -1.64. The number of carbonyl (C=O) groups is 7. The van der Waals surface area contributed by atoms with Gasteiger partial charge in [-0.2, -0.15) is 0 Å². The highest BCUT2D eigenvalue weighted by atomic mass is 16.4. The molecule has 1 rings (SSSR count). The van der Waals surface area contributed by atoms with Crippen molar-refractivity contribution < 1.29 is 48.9 Å². The first-order chi connectivity index (χ1) is 22.1. The fourth-order valence-electron chi connectivity index (χ4n) is 4.44. The minimum Gasteiger partial charge on any atom is -0.508 e. The van der Waals surface area contributed by atoms with Gasteiger partial charge in [0.2, 0.25) is 29.5 Å². The molecular weight excluding hydrogens is 618 g/mol. The smallest absolute Gasteiger partial charge is 0.326 e. The normalized spacial score (nSPS) is 14.7. The summed E-state index contributed by atoms with van der Waals surface area (Å²) in [4.78, 5) is 87.5. The number of aromatic hydroxyl groups is 1. The number of carboxylic acid groups (broad SMARTS) is 2. The zero-order valence-electron chi connectivity index (χ0n) is 26.6. The van der Waals surface area contributed by atoms with E-state index in [4.69, 9.17) is 17.2 Å². The van der Waals surface area contributed by atoms with Gasteiger partial charge in [0.15, 0.2) is 0 Å². The number of hydrogen-bond donors (Lipinski definition) is 10. The molecule has 0 bridgehead atoms. The molecule has 13 N–H and O–H groups in total. The molecule has 47 heavy (non-hydrogen) atoms. The Bertz CT molecular complexity index is 1240. The fourth-order valence-corrected chi connectivity index (χ4v) is 4.44. The second-order valence-electron chi connectivity index (χ2n) is 11.3. The summed E-state index contributed by atoms with van der Waals surface area (Å²) in [5.41, 5.74) is 17.4. The number of carbonyl (C=O) groups excluding carboxylic acids is 5. The van der Waals surface area contributed by atoms with Crippen LogP contribution in [0, 0.1) is 5.92 Å². The van der Waals surface area contributed by atoms with Gasteiger partial charge in [-0.1, -0.05) is 32.4 Å². The molecule has 0 aliphatic rings. The van der Waals surface area contributed by atoms with E-state index in [1.54, 1.807) is 26.0 Å². The number of hydrogen-bond acceptors (Lipinski definition) is 10. The predicted molar refractivity (Wildman–Crippen MR) is 168 cm³/mol. The van der Waals surface area contributed by atoms with E-state index in [0.29, 0.717) is 31.4 Å². The van der Waals surface area contributed by atoms with Crippen molar-refractivity contribution in [2.75, 3.05) is 6.54 Å². The number of nitrogens with one attached hydrogen (secondary N) is 4. The first kappa shape index (κ1) is 40.3.